The number of carboxylic acids is 3. The molecule has 0 radical (unpaired) electrons. The van der Waals surface area contributed by atoms with Crippen molar-refractivity contribution in [2.75, 3.05) is 13.1 Å². The van der Waals surface area contributed by atoms with Gasteiger partial charge >= 0.3 is 17.9 Å². The molecule has 19 nitrogen and oxygen atoms in total. The van der Waals surface area contributed by atoms with Gasteiger partial charge in [-0.05, 0) is 25.7 Å². The highest BCUT2D eigenvalue weighted by atomic mass is 16.4. The third-order valence-electron chi connectivity index (χ3n) is 4.88. The van der Waals surface area contributed by atoms with E-state index in [0.717, 1.165) is 0 Å². The number of rotatable bonds is 19. The van der Waals surface area contributed by atoms with Crippen LogP contribution in [0.4, 0.5) is 0 Å². The molecule has 0 fully saturated rings. The predicted octanol–water partition coefficient (Wildman–Crippen LogP) is -5.09. The molecule has 0 spiro atoms. The second-order valence-electron chi connectivity index (χ2n) is 8.22. The van der Waals surface area contributed by atoms with Crippen molar-refractivity contribution in [3.05, 3.63) is 0 Å². The predicted molar refractivity (Wildman–Crippen MR) is 136 cm³/mol. The molecule has 16 N–H and O–H groups in total. The number of hydrogen-bond donors (Lipinski definition) is 11. The molecule has 220 valence electrons. The Bertz CT molecular complexity index is 948. The summed E-state index contributed by atoms with van der Waals surface area (Å²) in [6.07, 6.45) is -1.60. The summed E-state index contributed by atoms with van der Waals surface area (Å²) in [6.45, 7) is 0.116. The third kappa shape index (κ3) is 15.9. The number of aliphatic carboxylic acids is 3. The van der Waals surface area contributed by atoms with Gasteiger partial charge in [0.05, 0.1) is 18.9 Å². The van der Waals surface area contributed by atoms with Crippen LogP contribution in [0.15, 0.2) is 9.98 Å². The van der Waals surface area contributed by atoms with Gasteiger partial charge in [-0.15, -0.1) is 0 Å². The average molecular weight is 561 g/mol. The highest BCUT2D eigenvalue weighted by molar-refractivity contribution is 5.96. The maximum Gasteiger partial charge on any atom is 0.326 e. The number of nitrogens with one attached hydrogen (secondary N) is 3. The summed E-state index contributed by atoms with van der Waals surface area (Å²) in [5.41, 5.74) is 26.4. The Kier molecular flexibility index (Phi) is 15.6. The Morgan fingerprint density at radius 3 is 1.46 bits per heavy atom. The molecule has 0 aromatic carbocycles. The highest BCUT2D eigenvalue weighted by Crippen LogP contribution is 2.05. The number of carbonyl (C=O) groups is 6. The molecule has 0 aromatic heterocycles. The summed E-state index contributed by atoms with van der Waals surface area (Å²) in [7, 11) is 0. The molecule has 19 heteroatoms. The molecular weight excluding hydrogens is 524 g/mol. The van der Waals surface area contributed by atoms with Crippen molar-refractivity contribution >= 4 is 47.5 Å². The lowest BCUT2D eigenvalue weighted by atomic mass is 10.1. The van der Waals surface area contributed by atoms with Crippen molar-refractivity contribution < 1.29 is 44.1 Å². The molecule has 39 heavy (non-hydrogen) atoms. The summed E-state index contributed by atoms with van der Waals surface area (Å²) in [6, 6.07) is -6.10. The van der Waals surface area contributed by atoms with E-state index in [0.29, 0.717) is 0 Å². The Balaban J connectivity index is 5.63. The van der Waals surface area contributed by atoms with E-state index < -0.39 is 72.6 Å². The van der Waals surface area contributed by atoms with Crippen LogP contribution in [0.1, 0.15) is 38.5 Å². The number of carbonyl (C=O) groups excluding carboxylic acids is 3. The number of amides is 3. The lowest BCUT2D eigenvalue weighted by Crippen LogP contribution is -2.57. The molecule has 3 amide bonds. The molecule has 4 atom stereocenters. The first-order valence-corrected chi connectivity index (χ1v) is 11.6. The molecule has 0 bridgehead atoms. The Morgan fingerprint density at radius 1 is 0.615 bits per heavy atom. The van der Waals surface area contributed by atoms with Crippen LogP contribution in [0.2, 0.25) is 0 Å². The van der Waals surface area contributed by atoms with E-state index in [4.69, 9.17) is 33.8 Å². The monoisotopic (exact) mass is 560 g/mol. The van der Waals surface area contributed by atoms with Crippen LogP contribution in [-0.4, -0.2) is 100 Å². The summed E-state index contributed by atoms with van der Waals surface area (Å²) < 4.78 is 0. The zero-order chi connectivity index (χ0) is 30.1. The minimum atomic E-state index is -1.74. The van der Waals surface area contributed by atoms with E-state index in [9.17, 15) is 39.0 Å². The van der Waals surface area contributed by atoms with Crippen LogP contribution in [0.3, 0.4) is 0 Å². The van der Waals surface area contributed by atoms with E-state index in [1.165, 1.54) is 0 Å². The van der Waals surface area contributed by atoms with Gasteiger partial charge in [-0.25, -0.2) is 4.79 Å². The van der Waals surface area contributed by atoms with Gasteiger partial charge < -0.3 is 59.9 Å². The van der Waals surface area contributed by atoms with E-state index in [2.05, 4.69) is 25.9 Å². The van der Waals surface area contributed by atoms with Gasteiger partial charge in [0.15, 0.2) is 11.9 Å². The van der Waals surface area contributed by atoms with Crippen molar-refractivity contribution in [2.24, 2.45) is 38.7 Å². The van der Waals surface area contributed by atoms with E-state index in [-0.39, 0.29) is 50.7 Å². The standard InChI is InChI=1S/C20H36N10O9/c21-9(7-13(31)32)15(35)28-10(3-1-5-26-19(22)23)16(36)30-12(8-14(33)34)17(37)29-11(18(38)39)4-2-6-27-20(24)25/h9-12H,1-8,21H2,(H,28,35)(H,29,37)(H,30,36)(H,31,32)(H,33,34)(H,38,39)(H4,22,23,26)(H4,24,25,27). The second-order valence-corrected chi connectivity index (χ2v) is 8.22. The van der Waals surface area contributed by atoms with E-state index in [1.54, 1.807) is 0 Å². The van der Waals surface area contributed by atoms with Gasteiger partial charge in [0.25, 0.3) is 0 Å². The van der Waals surface area contributed by atoms with E-state index >= 15 is 0 Å². The third-order valence-corrected chi connectivity index (χ3v) is 4.88. The smallest absolute Gasteiger partial charge is 0.326 e. The van der Waals surface area contributed by atoms with Gasteiger partial charge in [0, 0.05) is 13.1 Å². The van der Waals surface area contributed by atoms with Gasteiger partial charge in [-0.3, -0.25) is 34.0 Å². The number of nitrogens with zero attached hydrogens (tertiary/aromatic N) is 2. The summed E-state index contributed by atoms with van der Waals surface area (Å²) in [4.78, 5) is 79.2. The first-order chi connectivity index (χ1) is 18.1. The van der Waals surface area contributed by atoms with Crippen molar-refractivity contribution in [2.45, 2.75) is 62.7 Å². The number of carboxylic acid groups (broad SMARTS) is 3. The first kappa shape index (κ1) is 34.3. The summed E-state index contributed by atoms with van der Waals surface area (Å²) in [5, 5.41) is 34.0. The zero-order valence-corrected chi connectivity index (χ0v) is 21.0. The zero-order valence-electron chi connectivity index (χ0n) is 21.0. The van der Waals surface area contributed by atoms with Gasteiger partial charge in [-0.2, -0.15) is 0 Å². The minimum Gasteiger partial charge on any atom is -0.481 e. The number of aliphatic imine (C=N–C) groups is 2. The van der Waals surface area contributed by atoms with Crippen molar-refractivity contribution in [1.29, 1.82) is 0 Å². The Labute approximate surface area is 222 Å². The van der Waals surface area contributed by atoms with Gasteiger partial charge in [0.2, 0.25) is 17.7 Å². The molecule has 0 aliphatic carbocycles. The number of hydrogen-bond acceptors (Lipinski definition) is 9. The molecule has 0 heterocycles. The summed E-state index contributed by atoms with van der Waals surface area (Å²) in [5.74, 6) is -7.85. The lowest BCUT2D eigenvalue weighted by molar-refractivity contribution is -0.143. The van der Waals surface area contributed by atoms with Crippen LogP contribution >= 0.6 is 0 Å². The van der Waals surface area contributed by atoms with Crippen molar-refractivity contribution in [1.82, 2.24) is 16.0 Å². The fourth-order valence-corrected chi connectivity index (χ4v) is 3.02. The summed E-state index contributed by atoms with van der Waals surface area (Å²) >= 11 is 0. The van der Waals surface area contributed by atoms with Crippen LogP contribution in [0.5, 0.6) is 0 Å². The van der Waals surface area contributed by atoms with Crippen LogP contribution in [-0.2, 0) is 28.8 Å². The molecule has 4 unspecified atom stereocenters. The van der Waals surface area contributed by atoms with Crippen LogP contribution in [0, 0.1) is 0 Å². The molecular formula is C20H36N10O9. The van der Waals surface area contributed by atoms with Crippen LogP contribution < -0.4 is 44.6 Å². The Hall–Kier alpha value is -4.68. The maximum atomic E-state index is 12.9. The molecule has 0 aliphatic rings. The molecule has 0 saturated heterocycles. The highest BCUT2D eigenvalue weighted by Gasteiger charge is 2.31. The minimum absolute atomic E-state index is 0.0440. The largest absolute Gasteiger partial charge is 0.481 e. The maximum absolute atomic E-state index is 12.9. The molecule has 0 aromatic rings. The Morgan fingerprint density at radius 2 is 1.03 bits per heavy atom. The fraction of sp³-hybridized carbons (Fsp3) is 0.600. The van der Waals surface area contributed by atoms with Crippen molar-refractivity contribution in [3.8, 4) is 0 Å². The van der Waals surface area contributed by atoms with Crippen LogP contribution in [0.25, 0.3) is 0 Å². The van der Waals surface area contributed by atoms with Gasteiger partial charge in [0.1, 0.15) is 18.1 Å². The quantitative estimate of drug-likeness (QED) is 0.0400. The molecule has 0 rings (SSSR count). The van der Waals surface area contributed by atoms with Crippen molar-refractivity contribution in [3.63, 3.8) is 0 Å². The molecule has 0 aliphatic heterocycles. The molecule has 0 saturated carbocycles. The normalized spacial score (nSPS) is 13.5. The second kappa shape index (κ2) is 17.7. The van der Waals surface area contributed by atoms with E-state index in [1.807, 2.05) is 0 Å². The number of guanidine groups is 2. The average Bonchev–Trinajstić information content (AvgIpc) is 2.80. The SMILES string of the molecule is NC(N)=NCCCC(NC(=O)C(CC(=O)O)NC(=O)C(CCCN=C(N)N)NC(=O)C(N)CC(=O)O)C(=O)O. The topological polar surface area (TPSA) is 354 Å². The van der Waals surface area contributed by atoms with Gasteiger partial charge in [-0.1, -0.05) is 0 Å². The first-order valence-electron chi connectivity index (χ1n) is 11.6. The number of nitrogens with two attached hydrogens (primary N) is 5. The fourth-order valence-electron chi connectivity index (χ4n) is 3.02. The lowest BCUT2D eigenvalue weighted by Gasteiger charge is -2.24.